The summed E-state index contributed by atoms with van der Waals surface area (Å²) in [5.74, 6) is 0.626. The zero-order chi connectivity index (χ0) is 11.5. The average Bonchev–Trinajstić information content (AvgIpc) is 2.29. The van der Waals surface area contributed by atoms with Crippen LogP contribution >= 0.6 is 0 Å². The Morgan fingerprint density at radius 3 is 2.69 bits per heavy atom. The highest BCUT2D eigenvalue weighted by molar-refractivity contribution is 6.04. The zero-order valence-corrected chi connectivity index (χ0v) is 9.23. The Morgan fingerprint density at radius 1 is 1.25 bits per heavy atom. The van der Waals surface area contributed by atoms with Crippen LogP contribution in [-0.2, 0) is 9.59 Å². The first-order valence-corrected chi connectivity index (χ1v) is 5.39. The van der Waals surface area contributed by atoms with Crippen LogP contribution in [0.3, 0.4) is 0 Å². The first-order valence-electron chi connectivity index (χ1n) is 5.39. The minimum Gasteiger partial charge on any atom is -0.496 e. The summed E-state index contributed by atoms with van der Waals surface area (Å²) in [6.07, 6.45) is 1.18. The molecule has 1 unspecified atom stereocenters. The third-order valence-corrected chi connectivity index (χ3v) is 2.99. The number of carbonyl (C=O) groups excluding carboxylic acids is 2. The van der Waals surface area contributed by atoms with Gasteiger partial charge in [-0.3, -0.25) is 9.59 Å². The topological polar surface area (TPSA) is 43.4 Å². The monoisotopic (exact) mass is 218 g/mol. The van der Waals surface area contributed by atoms with Crippen LogP contribution in [0.25, 0.3) is 0 Å². The van der Waals surface area contributed by atoms with Crippen LogP contribution in [0.4, 0.5) is 0 Å². The van der Waals surface area contributed by atoms with E-state index in [1.54, 1.807) is 7.11 Å². The van der Waals surface area contributed by atoms with E-state index < -0.39 is 0 Å². The fourth-order valence-electron chi connectivity index (χ4n) is 2.16. The third kappa shape index (κ3) is 1.98. The van der Waals surface area contributed by atoms with Crippen molar-refractivity contribution < 1.29 is 14.3 Å². The van der Waals surface area contributed by atoms with Gasteiger partial charge in [-0.25, -0.2) is 0 Å². The highest BCUT2D eigenvalue weighted by Crippen LogP contribution is 2.33. The maximum absolute atomic E-state index is 11.8. The molecule has 1 aromatic rings. The molecule has 1 fully saturated rings. The van der Waals surface area contributed by atoms with E-state index in [9.17, 15) is 9.59 Å². The highest BCUT2D eigenvalue weighted by atomic mass is 16.5. The van der Waals surface area contributed by atoms with Crippen LogP contribution in [0.5, 0.6) is 5.75 Å². The number of hydrogen-bond donors (Lipinski definition) is 0. The molecule has 84 valence electrons. The number of para-hydroxylation sites is 1. The summed E-state index contributed by atoms with van der Waals surface area (Å²) in [6, 6.07) is 7.51. The van der Waals surface area contributed by atoms with Crippen molar-refractivity contribution in [3.8, 4) is 5.75 Å². The molecule has 1 saturated carbocycles. The van der Waals surface area contributed by atoms with E-state index in [0.29, 0.717) is 12.8 Å². The number of rotatable bonds is 2. The second-order valence-corrected chi connectivity index (χ2v) is 4.01. The number of benzene rings is 1. The molecular weight excluding hydrogens is 204 g/mol. The van der Waals surface area contributed by atoms with Crippen LogP contribution in [0.2, 0.25) is 0 Å². The van der Waals surface area contributed by atoms with E-state index in [2.05, 4.69) is 0 Å². The minimum absolute atomic E-state index is 0.0146. The van der Waals surface area contributed by atoms with Crippen molar-refractivity contribution in [1.29, 1.82) is 0 Å². The number of carbonyl (C=O) groups is 2. The first-order chi connectivity index (χ1) is 7.72. The molecule has 1 aliphatic rings. The molecule has 0 amide bonds. The number of ether oxygens (including phenoxy) is 1. The van der Waals surface area contributed by atoms with Gasteiger partial charge in [0.2, 0.25) is 0 Å². The molecule has 0 saturated heterocycles. The van der Waals surface area contributed by atoms with Gasteiger partial charge in [0.05, 0.1) is 13.5 Å². The molecule has 2 rings (SSSR count). The quantitative estimate of drug-likeness (QED) is 0.714. The largest absolute Gasteiger partial charge is 0.496 e. The van der Waals surface area contributed by atoms with Crippen LogP contribution in [0, 0.1) is 0 Å². The molecule has 0 aliphatic heterocycles. The van der Waals surface area contributed by atoms with Gasteiger partial charge >= 0.3 is 0 Å². The normalized spacial score (nSPS) is 20.9. The Balaban J connectivity index is 2.30. The highest BCUT2D eigenvalue weighted by Gasteiger charge is 2.29. The van der Waals surface area contributed by atoms with Crippen LogP contribution in [-0.4, -0.2) is 18.7 Å². The molecule has 0 N–H and O–H groups in total. The fraction of sp³-hybridized carbons (Fsp3) is 0.385. The SMILES string of the molecule is COc1ccccc1C1CCC(=O)CC1=O. The zero-order valence-electron chi connectivity index (χ0n) is 9.23. The molecule has 16 heavy (non-hydrogen) atoms. The molecular formula is C13H14O3. The lowest BCUT2D eigenvalue weighted by molar-refractivity contribution is -0.130. The molecule has 0 heterocycles. The Bertz CT molecular complexity index is 423. The smallest absolute Gasteiger partial charge is 0.147 e. The van der Waals surface area contributed by atoms with E-state index in [0.717, 1.165) is 11.3 Å². The van der Waals surface area contributed by atoms with Crippen molar-refractivity contribution in [1.82, 2.24) is 0 Å². The summed E-state index contributed by atoms with van der Waals surface area (Å²) < 4.78 is 5.24. The van der Waals surface area contributed by atoms with Gasteiger partial charge in [-0.1, -0.05) is 18.2 Å². The predicted octanol–water partition coefficient (Wildman–Crippen LogP) is 2.10. The second-order valence-electron chi connectivity index (χ2n) is 4.01. The van der Waals surface area contributed by atoms with E-state index in [-0.39, 0.29) is 23.9 Å². The van der Waals surface area contributed by atoms with Gasteiger partial charge < -0.3 is 4.74 Å². The molecule has 3 heteroatoms. The number of ketones is 2. The maximum atomic E-state index is 11.8. The summed E-state index contributed by atoms with van der Waals surface area (Å²) in [7, 11) is 1.59. The van der Waals surface area contributed by atoms with E-state index in [1.807, 2.05) is 24.3 Å². The molecule has 0 aromatic heterocycles. The van der Waals surface area contributed by atoms with Crippen LogP contribution < -0.4 is 4.74 Å². The standard InChI is InChI=1S/C13H14O3/c1-16-13-5-3-2-4-11(13)10-7-6-9(14)8-12(10)15/h2-5,10H,6-8H2,1H3. The molecule has 3 nitrogen and oxygen atoms in total. The fourth-order valence-corrected chi connectivity index (χ4v) is 2.16. The van der Waals surface area contributed by atoms with Crippen LogP contribution in [0.1, 0.15) is 30.7 Å². The Labute approximate surface area is 94.4 Å². The number of methoxy groups -OCH3 is 1. The summed E-state index contributed by atoms with van der Waals surface area (Å²) >= 11 is 0. The van der Waals surface area contributed by atoms with Crippen molar-refractivity contribution in [3.05, 3.63) is 29.8 Å². The van der Waals surface area contributed by atoms with E-state index in [4.69, 9.17) is 4.74 Å². The number of Topliss-reactive ketones (excluding diaryl/α,β-unsaturated/α-hetero) is 2. The lowest BCUT2D eigenvalue weighted by atomic mass is 9.82. The maximum Gasteiger partial charge on any atom is 0.147 e. The predicted molar refractivity (Wildman–Crippen MR) is 59.6 cm³/mol. The lowest BCUT2D eigenvalue weighted by Gasteiger charge is -2.21. The molecule has 1 aromatic carbocycles. The summed E-state index contributed by atoms with van der Waals surface area (Å²) in [4.78, 5) is 22.9. The van der Waals surface area contributed by atoms with Gasteiger partial charge in [-0.15, -0.1) is 0 Å². The van der Waals surface area contributed by atoms with Crippen molar-refractivity contribution in [2.75, 3.05) is 7.11 Å². The van der Waals surface area contributed by atoms with Crippen molar-refractivity contribution >= 4 is 11.6 Å². The molecule has 0 spiro atoms. The first kappa shape index (κ1) is 10.9. The Kier molecular flexibility index (Phi) is 3.04. The molecule has 0 radical (unpaired) electrons. The van der Waals surface area contributed by atoms with Crippen LogP contribution in [0.15, 0.2) is 24.3 Å². The Hall–Kier alpha value is -1.64. The van der Waals surface area contributed by atoms with Gasteiger partial charge in [-0.2, -0.15) is 0 Å². The summed E-state index contributed by atoms with van der Waals surface area (Å²) in [5.41, 5.74) is 0.905. The minimum atomic E-state index is -0.172. The van der Waals surface area contributed by atoms with E-state index in [1.165, 1.54) is 0 Å². The van der Waals surface area contributed by atoms with Crippen molar-refractivity contribution in [3.63, 3.8) is 0 Å². The number of hydrogen-bond acceptors (Lipinski definition) is 3. The lowest BCUT2D eigenvalue weighted by Crippen LogP contribution is -2.23. The Morgan fingerprint density at radius 2 is 2.00 bits per heavy atom. The molecule has 1 aliphatic carbocycles. The van der Waals surface area contributed by atoms with Crippen molar-refractivity contribution in [2.45, 2.75) is 25.2 Å². The molecule has 0 bridgehead atoms. The molecule has 1 atom stereocenters. The van der Waals surface area contributed by atoms with E-state index >= 15 is 0 Å². The van der Waals surface area contributed by atoms with Gasteiger partial charge in [0.25, 0.3) is 0 Å². The second kappa shape index (κ2) is 4.47. The van der Waals surface area contributed by atoms with Gasteiger partial charge in [-0.05, 0) is 12.5 Å². The average molecular weight is 218 g/mol. The third-order valence-electron chi connectivity index (χ3n) is 2.99. The summed E-state index contributed by atoms with van der Waals surface area (Å²) in [6.45, 7) is 0. The summed E-state index contributed by atoms with van der Waals surface area (Å²) in [5, 5.41) is 0. The van der Waals surface area contributed by atoms with Gasteiger partial charge in [0, 0.05) is 17.9 Å². The van der Waals surface area contributed by atoms with Crippen molar-refractivity contribution in [2.24, 2.45) is 0 Å². The van der Waals surface area contributed by atoms with Gasteiger partial charge in [0.15, 0.2) is 0 Å². The van der Waals surface area contributed by atoms with Gasteiger partial charge in [0.1, 0.15) is 17.3 Å².